The van der Waals surface area contributed by atoms with Crippen LogP contribution in [-0.2, 0) is 32.7 Å². The number of hydrogen-bond acceptors (Lipinski definition) is 7. The van der Waals surface area contributed by atoms with E-state index >= 15 is 0 Å². The van der Waals surface area contributed by atoms with Crippen LogP contribution >= 0.6 is 7.82 Å². The van der Waals surface area contributed by atoms with E-state index in [1.165, 1.54) is 70.6 Å². The first-order valence-corrected chi connectivity index (χ1v) is 31.3. The monoisotopic (exact) mass is 1060 g/mol. The number of quaternary nitrogens is 1. The number of unbranched alkanes of at least 4 members (excludes halogenated alkanes) is 19. The number of likely N-dealkylation sites (N-methyl/N-ethyl adjacent to an activating group) is 1. The van der Waals surface area contributed by atoms with Gasteiger partial charge in [-0.1, -0.05) is 225 Å². The molecule has 0 saturated heterocycles. The summed E-state index contributed by atoms with van der Waals surface area (Å²) in [5, 5.41) is 0. The maximum absolute atomic E-state index is 12.8. The predicted molar refractivity (Wildman–Crippen MR) is 321 cm³/mol. The second-order valence-corrected chi connectivity index (χ2v) is 22.1. The molecule has 0 aliphatic carbocycles. The number of phosphoric acid groups is 1. The Bertz CT molecular complexity index is 1680. The van der Waals surface area contributed by atoms with Gasteiger partial charge in [-0.2, -0.15) is 0 Å². The first-order chi connectivity index (χ1) is 36.5. The summed E-state index contributed by atoms with van der Waals surface area (Å²) in [6, 6.07) is 0. The van der Waals surface area contributed by atoms with E-state index in [9.17, 15) is 19.0 Å². The van der Waals surface area contributed by atoms with Gasteiger partial charge >= 0.3 is 19.8 Å². The van der Waals surface area contributed by atoms with E-state index in [0.29, 0.717) is 17.4 Å². The van der Waals surface area contributed by atoms with Crippen molar-refractivity contribution in [2.75, 3.05) is 47.5 Å². The van der Waals surface area contributed by atoms with Crippen molar-refractivity contribution in [1.29, 1.82) is 0 Å². The van der Waals surface area contributed by atoms with Crippen LogP contribution in [0.5, 0.6) is 0 Å². The second kappa shape index (κ2) is 55.2. The minimum Gasteiger partial charge on any atom is -0.462 e. The molecule has 0 amide bonds. The first kappa shape index (κ1) is 71.4. The Kier molecular flexibility index (Phi) is 52.5. The fourth-order valence-corrected chi connectivity index (χ4v) is 8.39. The standard InChI is InChI=1S/C65H110NO8P/c1-6-8-10-12-14-16-18-20-22-24-25-26-27-28-29-30-31-32-33-34-35-36-37-38-39-40-41-42-44-46-48-50-52-54-56-58-65(68)74-63(62-73-75(69,70)72-60-59-66(3,4)5)61-71-64(67)57-55-53-51-49-47-45-43-23-21-19-17-15-13-11-9-7-2/h8,10,14,16,20,22-23,25-26,28-29,31-32,34-35,37-38,40-41,43,63H,6-7,9,11-13,15,17-19,21,24,27,30,33,36,39,42,44-62H2,1-5H3/p+1/b10-8-,16-14-,22-20-,26-25-,29-28-,32-31-,35-34-,38-37-,41-40-,43-23-. The van der Waals surface area contributed by atoms with E-state index in [-0.39, 0.29) is 32.0 Å². The number of hydrogen-bond donors (Lipinski definition) is 1. The fourth-order valence-electron chi connectivity index (χ4n) is 7.65. The summed E-state index contributed by atoms with van der Waals surface area (Å²) in [4.78, 5) is 35.7. The van der Waals surface area contributed by atoms with Crippen LogP contribution < -0.4 is 0 Å². The molecular formula is C65H111NO8P+. The van der Waals surface area contributed by atoms with Gasteiger partial charge in [0, 0.05) is 12.8 Å². The number of allylic oxidation sites excluding steroid dienone is 20. The third kappa shape index (κ3) is 59.5. The van der Waals surface area contributed by atoms with Crippen LogP contribution in [0.25, 0.3) is 0 Å². The Labute approximate surface area is 460 Å². The molecule has 0 spiro atoms. The minimum atomic E-state index is -4.40. The molecule has 10 heteroatoms. The molecule has 2 unspecified atom stereocenters. The molecule has 0 radical (unpaired) electrons. The maximum atomic E-state index is 12.8. The van der Waals surface area contributed by atoms with Crippen LogP contribution in [0.3, 0.4) is 0 Å². The topological polar surface area (TPSA) is 108 Å². The van der Waals surface area contributed by atoms with E-state index in [1.54, 1.807) is 0 Å². The highest BCUT2D eigenvalue weighted by molar-refractivity contribution is 7.47. The van der Waals surface area contributed by atoms with Crippen LogP contribution in [0.15, 0.2) is 122 Å². The molecule has 428 valence electrons. The minimum absolute atomic E-state index is 0.0222. The number of rotatable bonds is 53. The molecule has 0 saturated carbocycles. The Hall–Kier alpha value is -3.59. The van der Waals surface area contributed by atoms with Crippen molar-refractivity contribution in [3.8, 4) is 0 Å². The zero-order valence-corrected chi connectivity index (χ0v) is 49.4. The van der Waals surface area contributed by atoms with Gasteiger partial charge in [-0.05, 0) is 109 Å². The molecule has 0 aliphatic heterocycles. The zero-order valence-electron chi connectivity index (χ0n) is 48.5. The van der Waals surface area contributed by atoms with Gasteiger partial charge in [-0.3, -0.25) is 18.6 Å². The third-order valence-electron chi connectivity index (χ3n) is 12.2. The molecule has 0 aliphatic rings. The van der Waals surface area contributed by atoms with Gasteiger partial charge in [-0.15, -0.1) is 0 Å². The number of phosphoric ester groups is 1. The van der Waals surface area contributed by atoms with E-state index < -0.39 is 26.5 Å². The Morgan fingerprint density at radius 2 is 0.760 bits per heavy atom. The van der Waals surface area contributed by atoms with Gasteiger partial charge in [0.15, 0.2) is 6.10 Å². The summed E-state index contributed by atoms with van der Waals surface area (Å²) in [7, 11) is 1.45. The van der Waals surface area contributed by atoms with Crippen molar-refractivity contribution in [1.82, 2.24) is 0 Å². The lowest BCUT2D eigenvalue weighted by atomic mass is 10.1. The van der Waals surface area contributed by atoms with Gasteiger partial charge in [0.05, 0.1) is 27.7 Å². The predicted octanol–water partition coefficient (Wildman–Crippen LogP) is 18.8. The SMILES string of the molecule is CC/C=C\C/C=C\C/C=C\C/C=C\C/C=C\C/C=C\C/C=C\C/C=C\C/C=C\CCCCCCCCCC(=O)OC(COC(=O)CCCCCCC/C=C\CCCCCCCCC)COP(=O)(O)OCC[N+](C)(C)C. The van der Waals surface area contributed by atoms with Crippen molar-refractivity contribution < 1.29 is 42.1 Å². The molecule has 0 bridgehead atoms. The fraction of sp³-hybridized carbons (Fsp3) is 0.662. The van der Waals surface area contributed by atoms with Gasteiger partial charge in [0.1, 0.15) is 19.8 Å². The number of ether oxygens (including phenoxy) is 2. The summed E-state index contributed by atoms with van der Waals surface area (Å²) in [5.41, 5.74) is 0. The van der Waals surface area contributed by atoms with E-state index in [2.05, 4.69) is 135 Å². The Morgan fingerprint density at radius 3 is 1.15 bits per heavy atom. The summed E-state index contributed by atoms with van der Waals surface area (Å²) >= 11 is 0. The molecule has 75 heavy (non-hydrogen) atoms. The smallest absolute Gasteiger partial charge is 0.462 e. The van der Waals surface area contributed by atoms with Crippen LogP contribution in [0, 0.1) is 0 Å². The Balaban J connectivity index is 4.19. The first-order valence-electron chi connectivity index (χ1n) is 29.8. The highest BCUT2D eigenvalue weighted by Crippen LogP contribution is 2.43. The molecule has 9 nitrogen and oxygen atoms in total. The van der Waals surface area contributed by atoms with E-state index in [1.807, 2.05) is 21.1 Å². The molecule has 0 fully saturated rings. The van der Waals surface area contributed by atoms with Crippen LogP contribution in [-0.4, -0.2) is 74.9 Å². The quantitative estimate of drug-likeness (QED) is 0.0211. The highest BCUT2D eigenvalue weighted by Gasteiger charge is 2.27. The summed E-state index contributed by atoms with van der Waals surface area (Å²) in [6.45, 7) is 4.28. The maximum Gasteiger partial charge on any atom is 0.472 e. The van der Waals surface area contributed by atoms with Crippen molar-refractivity contribution in [3.63, 3.8) is 0 Å². The van der Waals surface area contributed by atoms with Gasteiger partial charge in [0.2, 0.25) is 0 Å². The number of esters is 2. The molecular weight excluding hydrogens is 954 g/mol. The molecule has 2 atom stereocenters. The molecule has 0 heterocycles. The lowest BCUT2D eigenvalue weighted by Crippen LogP contribution is -2.37. The van der Waals surface area contributed by atoms with E-state index in [4.69, 9.17) is 18.5 Å². The van der Waals surface area contributed by atoms with Crippen molar-refractivity contribution in [3.05, 3.63) is 122 Å². The summed E-state index contributed by atoms with van der Waals surface area (Å²) < 4.78 is 34.5. The molecule has 0 aromatic rings. The number of nitrogens with zero attached hydrogens (tertiary/aromatic N) is 1. The zero-order chi connectivity index (χ0) is 54.9. The normalized spacial score (nSPS) is 14.2. The number of carbonyl (C=O) groups is 2. The summed E-state index contributed by atoms with van der Waals surface area (Å²) in [5.74, 6) is -0.826. The second-order valence-electron chi connectivity index (χ2n) is 20.6. The Morgan fingerprint density at radius 1 is 0.427 bits per heavy atom. The van der Waals surface area contributed by atoms with Crippen LogP contribution in [0.2, 0.25) is 0 Å². The lowest BCUT2D eigenvalue weighted by Gasteiger charge is -2.24. The largest absolute Gasteiger partial charge is 0.472 e. The average molecular weight is 1070 g/mol. The van der Waals surface area contributed by atoms with E-state index in [0.717, 1.165) is 122 Å². The van der Waals surface area contributed by atoms with Crippen LogP contribution in [0.4, 0.5) is 0 Å². The van der Waals surface area contributed by atoms with Gasteiger partial charge in [0.25, 0.3) is 0 Å². The molecule has 0 aromatic carbocycles. The van der Waals surface area contributed by atoms with Crippen LogP contribution in [0.1, 0.15) is 226 Å². The number of carbonyl (C=O) groups excluding carboxylic acids is 2. The highest BCUT2D eigenvalue weighted by atomic mass is 31.2. The average Bonchev–Trinajstić information content (AvgIpc) is 3.37. The molecule has 0 rings (SSSR count). The third-order valence-corrected chi connectivity index (χ3v) is 13.2. The molecule has 1 N–H and O–H groups in total. The molecule has 0 aromatic heterocycles. The lowest BCUT2D eigenvalue weighted by molar-refractivity contribution is -0.870. The summed E-state index contributed by atoms with van der Waals surface area (Å²) in [6.07, 6.45) is 78.4. The van der Waals surface area contributed by atoms with Crippen molar-refractivity contribution >= 4 is 19.8 Å². The van der Waals surface area contributed by atoms with Crippen molar-refractivity contribution in [2.45, 2.75) is 232 Å². The van der Waals surface area contributed by atoms with Gasteiger partial charge < -0.3 is 18.9 Å². The van der Waals surface area contributed by atoms with Gasteiger partial charge in [-0.25, -0.2) is 4.57 Å². The van der Waals surface area contributed by atoms with Crippen molar-refractivity contribution in [2.24, 2.45) is 0 Å².